The number of nitrogens with zero attached hydrogens (tertiary/aromatic N) is 2. The molecule has 6 nitrogen and oxygen atoms in total. The van der Waals surface area contributed by atoms with Crippen LogP contribution in [0.25, 0.3) is 0 Å². The number of carbonyl (C=O) groups excluding carboxylic acids is 2. The molecule has 0 saturated heterocycles. The summed E-state index contributed by atoms with van der Waals surface area (Å²) >= 11 is 1.62. The number of anilines is 2. The fourth-order valence-electron chi connectivity index (χ4n) is 1.84. The first-order chi connectivity index (χ1) is 11.6. The van der Waals surface area contributed by atoms with E-state index in [-0.39, 0.29) is 0 Å². The van der Waals surface area contributed by atoms with Gasteiger partial charge in [0, 0.05) is 31.3 Å². The van der Waals surface area contributed by atoms with Crippen molar-refractivity contribution in [3.63, 3.8) is 0 Å². The van der Waals surface area contributed by atoms with Gasteiger partial charge in [-0.3, -0.25) is 9.59 Å². The lowest BCUT2D eigenvalue weighted by atomic mass is 10.4. The van der Waals surface area contributed by atoms with E-state index in [1.807, 2.05) is 49.3 Å². The number of rotatable bonds is 6. The van der Waals surface area contributed by atoms with Crippen molar-refractivity contribution in [1.82, 2.24) is 10.3 Å². The molecule has 2 aromatic rings. The van der Waals surface area contributed by atoms with Gasteiger partial charge in [-0.1, -0.05) is 18.2 Å². The van der Waals surface area contributed by atoms with Crippen molar-refractivity contribution in [2.75, 3.05) is 36.6 Å². The van der Waals surface area contributed by atoms with E-state index in [4.69, 9.17) is 0 Å². The number of benzene rings is 1. The van der Waals surface area contributed by atoms with Crippen LogP contribution < -0.4 is 15.5 Å². The second kappa shape index (κ2) is 8.93. The Morgan fingerprint density at radius 2 is 1.83 bits per heavy atom. The standard InChI is InChI=1S/C17H20N4O2S/c1-21(2)15-9-8-13(12-19-15)20-17(23)16(22)18-10-11-24-14-6-4-3-5-7-14/h3-9,12H,10-11H2,1-2H3,(H,18,22)(H,20,23). The monoisotopic (exact) mass is 344 g/mol. The van der Waals surface area contributed by atoms with Crippen LogP contribution in [0.2, 0.25) is 0 Å². The molecule has 24 heavy (non-hydrogen) atoms. The van der Waals surface area contributed by atoms with Crippen molar-refractivity contribution in [3.8, 4) is 0 Å². The number of nitrogens with one attached hydrogen (secondary N) is 2. The van der Waals surface area contributed by atoms with E-state index < -0.39 is 11.8 Å². The molecular formula is C17H20N4O2S. The predicted molar refractivity (Wildman–Crippen MR) is 97.4 cm³/mol. The predicted octanol–water partition coefficient (Wildman–Crippen LogP) is 1.99. The fourth-order valence-corrected chi connectivity index (χ4v) is 2.63. The van der Waals surface area contributed by atoms with E-state index in [1.165, 1.54) is 6.20 Å². The Balaban J connectivity index is 1.72. The van der Waals surface area contributed by atoms with Crippen LogP contribution in [0.3, 0.4) is 0 Å². The summed E-state index contributed by atoms with van der Waals surface area (Å²) in [5, 5.41) is 5.13. The second-order valence-electron chi connectivity index (χ2n) is 5.17. The largest absolute Gasteiger partial charge is 0.363 e. The molecule has 0 spiro atoms. The number of thioether (sulfide) groups is 1. The van der Waals surface area contributed by atoms with Gasteiger partial charge in [0.15, 0.2) is 0 Å². The first-order valence-electron chi connectivity index (χ1n) is 7.46. The van der Waals surface area contributed by atoms with Gasteiger partial charge in [-0.05, 0) is 24.3 Å². The molecule has 1 aromatic carbocycles. The van der Waals surface area contributed by atoms with E-state index >= 15 is 0 Å². The smallest absolute Gasteiger partial charge is 0.313 e. The maximum Gasteiger partial charge on any atom is 0.313 e. The molecule has 0 unspecified atom stereocenters. The Morgan fingerprint density at radius 3 is 2.46 bits per heavy atom. The third kappa shape index (κ3) is 5.58. The number of hydrogen-bond donors (Lipinski definition) is 2. The average molecular weight is 344 g/mol. The molecule has 0 saturated carbocycles. The van der Waals surface area contributed by atoms with E-state index in [9.17, 15) is 9.59 Å². The second-order valence-corrected chi connectivity index (χ2v) is 6.34. The quantitative estimate of drug-likeness (QED) is 0.476. The minimum Gasteiger partial charge on any atom is -0.363 e. The molecule has 0 aliphatic heterocycles. The summed E-state index contributed by atoms with van der Waals surface area (Å²) in [7, 11) is 3.75. The molecule has 0 atom stereocenters. The van der Waals surface area contributed by atoms with Gasteiger partial charge in [0.1, 0.15) is 5.82 Å². The highest BCUT2D eigenvalue weighted by Gasteiger charge is 2.13. The van der Waals surface area contributed by atoms with Crippen LogP contribution in [0.15, 0.2) is 53.6 Å². The van der Waals surface area contributed by atoms with E-state index in [0.717, 1.165) is 10.7 Å². The molecule has 126 valence electrons. The Hall–Kier alpha value is -2.54. The fraction of sp³-hybridized carbons (Fsp3) is 0.235. The molecule has 1 aromatic heterocycles. The molecule has 2 amide bonds. The summed E-state index contributed by atoms with van der Waals surface area (Å²) < 4.78 is 0. The molecule has 7 heteroatoms. The number of hydrogen-bond acceptors (Lipinski definition) is 5. The molecule has 2 N–H and O–H groups in total. The van der Waals surface area contributed by atoms with Crippen molar-refractivity contribution < 1.29 is 9.59 Å². The molecule has 0 radical (unpaired) electrons. The first kappa shape index (κ1) is 17.8. The van der Waals surface area contributed by atoms with Gasteiger partial charge in [-0.25, -0.2) is 4.98 Å². The van der Waals surface area contributed by atoms with Crippen LogP contribution in [-0.2, 0) is 9.59 Å². The van der Waals surface area contributed by atoms with Crippen LogP contribution in [0.4, 0.5) is 11.5 Å². The zero-order valence-electron chi connectivity index (χ0n) is 13.7. The van der Waals surface area contributed by atoms with Crippen LogP contribution in [0, 0.1) is 0 Å². The van der Waals surface area contributed by atoms with Gasteiger partial charge in [-0.2, -0.15) is 0 Å². The third-order valence-electron chi connectivity index (χ3n) is 3.07. The van der Waals surface area contributed by atoms with E-state index in [1.54, 1.807) is 23.9 Å². The maximum atomic E-state index is 11.8. The Morgan fingerprint density at radius 1 is 1.08 bits per heavy atom. The van der Waals surface area contributed by atoms with Gasteiger partial charge in [0.2, 0.25) is 0 Å². The van der Waals surface area contributed by atoms with Gasteiger partial charge in [0.25, 0.3) is 0 Å². The SMILES string of the molecule is CN(C)c1ccc(NC(=O)C(=O)NCCSc2ccccc2)cn1. The third-order valence-corrected chi connectivity index (χ3v) is 4.08. The van der Waals surface area contributed by atoms with Crippen molar-refractivity contribution in [2.45, 2.75) is 4.90 Å². The molecular weight excluding hydrogens is 324 g/mol. The highest BCUT2D eigenvalue weighted by Crippen LogP contribution is 2.15. The van der Waals surface area contributed by atoms with Gasteiger partial charge >= 0.3 is 11.8 Å². The maximum absolute atomic E-state index is 11.8. The lowest BCUT2D eigenvalue weighted by Gasteiger charge is -2.11. The zero-order valence-corrected chi connectivity index (χ0v) is 14.5. The average Bonchev–Trinajstić information content (AvgIpc) is 2.60. The van der Waals surface area contributed by atoms with Crippen LogP contribution in [-0.4, -0.2) is 43.2 Å². The normalized spacial score (nSPS) is 10.1. The van der Waals surface area contributed by atoms with Gasteiger partial charge in [0.05, 0.1) is 11.9 Å². The van der Waals surface area contributed by atoms with Crippen LogP contribution in [0.1, 0.15) is 0 Å². The topological polar surface area (TPSA) is 74.3 Å². The lowest BCUT2D eigenvalue weighted by Crippen LogP contribution is -2.36. The van der Waals surface area contributed by atoms with Crippen LogP contribution in [0.5, 0.6) is 0 Å². The van der Waals surface area contributed by atoms with Gasteiger partial charge < -0.3 is 15.5 Å². The molecule has 1 heterocycles. The van der Waals surface area contributed by atoms with Crippen molar-refractivity contribution in [1.29, 1.82) is 0 Å². The van der Waals surface area contributed by atoms with Crippen molar-refractivity contribution in [2.24, 2.45) is 0 Å². The van der Waals surface area contributed by atoms with Crippen molar-refractivity contribution >= 4 is 35.1 Å². The highest BCUT2D eigenvalue weighted by molar-refractivity contribution is 7.99. The summed E-state index contributed by atoms with van der Waals surface area (Å²) in [6, 6.07) is 13.4. The molecule has 0 fully saturated rings. The van der Waals surface area contributed by atoms with Crippen LogP contribution >= 0.6 is 11.8 Å². The molecule has 2 rings (SSSR count). The summed E-state index contributed by atoms with van der Waals surface area (Å²) in [5.41, 5.74) is 0.486. The minimum atomic E-state index is -0.695. The summed E-state index contributed by atoms with van der Waals surface area (Å²) in [6.07, 6.45) is 1.52. The lowest BCUT2D eigenvalue weighted by molar-refractivity contribution is -0.136. The molecule has 0 bridgehead atoms. The molecule has 0 aliphatic carbocycles. The first-order valence-corrected chi connectivity index (χ1v) is 8.45. The number of carbonyl (C=O) groups is 2. The van der Waals surface area contributed by atoms with E-state index in [0.29, 0.717) is 18.0 Å². The number of pyridine rings is 1. The minimum absolute atomic E-state index is 0.420. The van der Waals surface area contributed by atoms with Crippen molar-refractivity contribution in [3.05, 3.63) is 48.7 Å². The zero-order chi connectivity index (χ0) is 17.4. The summed E-state index contributed by atoms with van der Waals surface area (Å²) in [5.74, 6) is 0.122. The highest BCUT2D eigenvalue weighted by atomic mass is 32.2. The Bertz CT molecular complexity index is 675. The van der Waals surface area contributed by atoms with Gasteiger partial charge in [-0.15, -0.1) is 11.8 Å². The number of aromatic nitrogens is 1. The Labute approximate surface area is 145 Å². The molecule has 0 aliphatic rings. The summed E-state index contributed by atoms with van der Waals surface area (Å²) in [6.45, 7) is 0.420. The number of amides is 2. The van der Waals surface area contributed by atoms with E-state index in [2.05, 4.69) is 15.6 Å². The summed E-state index contributed by atoms with van der Waals surface area (Å²) in [4.78, 5) is 30.8. The Kier molecular flexibility index (Phi) is 6.62.